The maximum atomic E-state index is 13.9. The van der Waals surface area contributed by atoms with Crippen LogP contribution in [0, 0.1) is 37.9 Å². The van der Waals surface area contributed by atoms with Crippen LogP contribution < -0.4 is 5.32 Å². The molecule has 0 spiro atoms. The molecule has 10 heteroatoms. The molecule has 0 unspecified atom stereocenters. The molecule has 0 radical (unpaired) electrons. The first-order valence-electron chi connectivity index (χ1n) is 10.3. The van der Waals surface area contributed by atoms with Crippen LogP contribution in [0.2, 0.25) is 5.02 Å². The maximum absolute atomic E-state index is 13.9. The number of aromatic nitrogens is 4. The van der Waals surface area contributed by atoms with E-state index in [0.717, 1.165) is 16.9 Å². The molecule has 0 bridgehead atoms. The molecule has 0 atom stereocenters. The first-order chi connectivity index (χ1) is 16.3. The zero-order valence-electron chi connectivity index (χ0n) is 18.6. The van der Waals surface area contributed by atoms with E-state index in [1.54, 1.807) is 40.6 Å². The second-order valence-electron chi connectivity index (χ2n) is 7.61. The lowest BCUT2D eigenvalue weighted by Gasteiger charge is -2.13. The van der Waals surface area contributed by atoms with Gasteiger partial charge in [0.25, 0.3) is 0 Å². The molecule has 0 saturated heterocycles. The van der Waals surface area contributed by atoms with Gasteiger partial charge in [0.1, 0.15) is 24.0 Å². The highest BCUT2D eigenvalue weighted by Crippen LogP contribution is 2.31. The van der Waals surface area contributed by atoms with Gasteiger partial charge in [-0.3, -0.25) is 13.9 Å². The predicted molar refractivity (Wildman–Crippen MR) is 130 cm³/mol. The minimum absolute atomic E-state index is 0.0234. The van der Waals surface area contributed by atoms with Gasteiger partial charge in [-0.15, -0.1) is 10.2 Å². The van der Waals surface area contributed by atoms with Gasteiger partial charge in [0.2, 0.25) is 5.91 Å². The Morgan fingerprint density at radius 1 is 1.21 bits per heavy atom. The van der Waals surface area contributed by atoms with Crippen molar-refractivity contribution in [2.45, 2.75) is 25.9 Å². The van der Waals surface area contributed by atoms with Crippen LogP contribution in [0.3, 0.4) is 0 Å². The average molecular weight is 495 g/mol. The van der Waals surface area contributed by atoms with E-state index in [4.69, 9.17) is 11.6 Å². The van der Waals surface area contributed by atoms with Gasteiger partial charge in [0, 0.05) is 10.7 Å². The van der Waals surface area contributed by atoms with E-state index >= 15 is 0 Å². The molecule has 2 aromatic heterocycles. The van der Waals surface area contributed by atoms with Crippen molar-refractivity contribution in [3.63, 3.8) is 0 Å². The lowest BCUT2D eigenvalue weighted by atomic mass is 10.2. The number of anilines is 1. The number of carbonyl (C=O) groups excluding carboxylic acids is 1. The molecule has 2 aromatic carbocycles. The lowest BCUT2D eigenvalue weighted by molar-refractivity contribution is -0.113. The summed E-state index contributed by atoms with van der Waals surface area (Å²) in [4.78, 5) is 12.9. The number of hydrogen-bond acceptors (Lipinski definition) is 5. The van der Waals surface area contributed by atoms with Crippen molar-refractivity contribution in [3.8, 4) is 17.4 Å². The number of hydrogen-bond donors (Lipinski definition) is 1. The van der Waals surface area contributed by atoms with Crippen LogP contribution in [0.1, 0.15) is 22.4 Å². The monoisotopic (exact) mass is 494 g/mol. The molecule has 7 nitrogen and oxygen atoms in total. The highest BCUT2D eigenvalue weighted by Gasteiger charge is 2.21. The van der Waals surface area contributed by atoms with Crippen molar-refractivity contribution in [3.05, 3.63) is 82.0 Å². The van der Waals surface area contributed by atoms with Gasteiger partial charge in [-0.25, -0.2) is 4.39 Å². The topological polar surface area (TPSA) is 88.5 Å². The molecule has 34 heavy (non-hydrogen) atoms. The molecule has 0 aliphatic rings. The summed E-state index contributed by atoms with van der Waals surface area (Å²) in [5.74, 6) is -0.422. The molecule has 2 heterocycles. The van der Waals surface area contributed by atoms with Gasteiger partial charge in [0.15, 0.2) is 5.16 Å². The van der Waals surface area contributed by atoms with E-state index in [2.05, 4.69) is 21.6 Å². The Balaban J connectivity index is 1.57. The normalized spacial score (nSPS) is 10.8. The minimum Gasteiger partial charge on any atom is -0.310 e. The molecule has 0 aliphatic heterocycles. The summed E-state index contributed by atoms with van der Waals surface area (Å²) in [6, 6.07) is 13.7. The second kappa shape index (κ2) is 9.71. The first kappa shape index (κ1) is 23.5. The third kappa shape index (κ3) is 4.55. The van der Waals surface area contributed by atoms with Crippen molar-refractivity contribution in [1.29, 1.82) is 5.26 Å². The number of nitrogens with one attached hydrogen (secondary N) is 1. The molecule has 4 rings (SSSR count). The first-order valence-corrected chi connectivity index (χ1v) is 11.6. The number of rotatable bonds is 6. The Bertz CT molecular complexity index is 1440. The smallest absolute Gasteiger partial charge is 0.236 e. The molecule has 0 saturated carbocycles. The van der Waals surface area contributed by atoms with E-state index in [1.807, 2.05) is 26.0 Å². The zero-order chi connectivity index (χ0) is 24.4. The number of halogens is 2. The number of nitrogens with zero attached hydrogens (tertiary/aromatic N) is 5. The summed E-state index contributed by atoms with van der Waals surface area (Å²) in [6.07, 6.45) is 1.55. The maximum Gasteiger partial charge on any atom is 0.236 e. The van der Waals surface area contributed by atoms with Crippen molar-refractivity contribution in [1.82, 2.24) is 19.3 Å². The number of amides is 1. The van der Waals surface area contributed by atoms with Crippen LogP contribution in [-0.4, -0.2) is 31.0 Å². The summed E-state index contributed by atoms with van der Waals surface area (Å²) in [6.45, 7) is 5.53. The van der Waals surface area contributed by atoms with Crippen LogP contribution in [0.5, 0.6) is 0 Å². The van der Waals surface area contributed by atoms with E-state index in [0.29, 0.717) is 32.8 Å². The predicted octanol–water partition coefficient (Wildman–Crippen LogP) is 5.38. The molecular formula is C24H20ClFN6OS. The quantitative estimate of drug-likeness (QED) is 0.363. The van der Waals surface area contributed by atoms with E-state index in [9.17, 15) is 14.4 Å². The van der Waals surface area contributed by atoms with E-state index in [1.165, 1.54) is 23.9 Å². The standard InChI is InChI=1S/C24H20ClFN6OS/c1-14-7-8-18(10-21(14)25)31-13-28-30-24(31)34-12-22(33)29-23-20(11-27)15(2)16(3)32(23)19-6-4-5-17(26)9-19/h4-10,13H,12H2,1-3H3,(H,29,33). The number of benzene rings is 2. The van der Waals surface area contributed by atoms with Gasteiger partial charge in [-0.1, -0.05) is 35.5 Å². The van der Waals surface area contributed by atoms with Crippen molar-refractivity contribution >= 4 is 35.1 Å². The van der Waals surface area contributed by atoms with Gasteiger partial charge in [-0.05, 0) is 62.2 Å². The second-order valence-corrected chi connectivity index (χ2v) is 8.96. The van der Waals surface area contributed by atoms with Crippen LogP contribution in [0.15, 0.2) is 53.9 Å². The lowest BCUT2D eigenvalue weighted by Crippen LogP contribution is -2.18. The van der Waals surface area contributed by atoms with Gasteiger partial charge in [-0.2, -0.15) is 5.26 Å². The fourth-order valence-electron chi connectivity index (χ4n) is 3.53. The zero-order valence-corrected chi connectivity index (χ0v) is 20.2. The average Bonchev–Trinajstić information content (AvgIpc) is 3.37. The fourth-order valence-corrected chi connectivity index (χ4v) is 4.43. The van der Waals surface area contributed by atoms with Gasteiger partial charge >= 0.3 is 0 Å². The third-order valence-electron chi connectivity index (χ3n) is 5.43. The molecule has 1 amide bonds. The summed E-state index contributed by atoms with van der Waals surface area (Å²) in [5, 5.41) is 21.7. The molecule has 4 aromatic rings. The highest BCUT2D eigenvalue weighted by molar-refractivity contribution is 7.99. The third-order valence-corrected chi connectivity index (χ3v) is 6.78. The molecule has 172 valence electrons. The summed E-state index contributed by atoms with van der Waals surface area (Å²) >= 11 is 7.44. The van der Waals surface area contributed by atoms with E-state index in [-0.39, 0.29) is 11.7 Å². The Kier molecular flexibility index (Phi) is 6.72. The summed E-state index contributed by atoms with van der Waals surface area (Å²) < 4.78 is 17.3. The Morgan fingerprint density at radius 2 is 2.00 bits per heavy atom. The Morgan fingerprint density at radius 3 is 2.71 bits per heavy atom. The Labute approximate surface area is 205 Å². The highest BCUT2D eigenvalue weighted by atomic mass is 35.5. The molecule has 1 N–H and O–H groups in total. The molecular weight excluding hydrogens is 475 g/mol. The van der Waals surface area contributed by atoms with E-state index < -0.39 is 5.82 Å². The van der Waals surface area contributed by atoms with Crippen molar-refractivity contribution in [2.75, 3.05) is 11.1 Å². The van der Waals surface area contributed by atoms with Crippen LogP contribution >= 0.6 is 23.4 Å². The fraction of sp³-hybridized carbons (Fsp3) is 0.167. The number of nitriles is 1. The van der Waals surface area contributed by atoms with Gasteiger partial charge in [0.05, 0.1) is 22.7 Å². The SMILES string of the molecule is Cc1ccc(-n2cnnc2SCC(=O)Nc2c(C#N)c(C)c(C)n2-c2cccc(F)c2)cc1Cl. The van der Waals surface area contributed by atoms with Crippen LogP contribution in [-0.2, 0) is 4.79 Å². The van der Waals surface area contributed by atoms with Crippen LogP contribution in [0.4, 0.5) is 10.2 Å². The molecule has 0 aliphatic carbocycles. The number of carbonyl (C=O) groups is 1. The summed E-state index contributed by atoms with van der Waals surface area (Å²) in [7, 11) is 0. The van der Waals surface area contributed by atoms with Crippen molar-refractivity contribution < 1.29 is 9.18 Å². The largest absolute Gasteiger partial charge is 0.310 e. The number of thioether (sulfide) groups is 1. The number of aryl methyl sites for hydroxylation is 1. The minimum atomic E-state index is -0.412. The summed E-state index contributed by atoms with van der Waals surface area (Å²) in [5.41, 5.74) is 4.03. The molecule has 0 fully saturated rings. The van der Waals surface area contributed by atoms with Gasteiger partial charge < -0.3 is 5.32 Å². The van der Waals surface area contributed by atoms with Crippen LogP contribution in [0.25, 0.3) is 11.4 Å². The Hall–Kier alpha value is -3.61. The van der Waals surface area contributed by atoms with Crippen molar-refractivity contribution in [2.24, 2.45) is 0 Å².